The van der Waals surface area contributed by atoms with Crippen LogP contribution in [0.3, 0.4) is 0 Å². The number of benzene rings is 4. The highest BCUT2D eigenvalue weighted by Gasteiger charge is 2.54. The molecule has 1 saturated heterocycles. The van der Waals surface area contributed by atoms with E-state index in [4.69, 9.17) is 23.7 Å². The molecule has 0 amide bonds. The van der Waals surface area contributed by atoms with Crippen LogP contribution in [0.5, 0.6) is 0 Å². The third kappa shape index (κ3) is 8.72. The Morgan fingerprint density at radius 2 is 1.00 bits per heavy atom. The van der Waals surface area contributed by atoms with Crippen molar-refractivity contribution in [2.24, 2.45) is 0 Å². The van der Waals surface area contributed by atoms with Crippen molar-refractivity contribution >= 4 is 40.8 Å². The van der Waals surface area contributed by atoms with Crippen LogP contribution in [0.15, 0.2) is 121 Å². The lowest BCUT2D eigenvalue weighted by atomic mass is 10.1. The van der Waals surface area contributed by atoms with Gasteiger partial charge in [-0.15, -0.1) is 0 Å². The predicted octanol–water partition coefficient (Wildman–Crippen LogP) is 5.52. The van der Waals surface area contributed by atoms with Gasteiger partial charge in [0, 0.05) is 6.92 Å². The maximum absolute atomic E-state index is 13.4. The molecular weight excluding hydrogens is 624 g/mol. The SMILES string of the molecule is CC(=O)SC1O[C@@H]([C@H](COC(=O)c2ccccc2)OC(=O)c2ccccc2)[C@H](OC(=O)c2ccccc2)[C@H]1OC(=O)c1ccccc1. The second kappa shape index (κ2) is 15.8. The summed E-state index contributed by atoms with van der Waals surface area (Å²) in [6, 6.07) is 32.5. The summed E-state index contributed by atoms with van der Waals surface area (Å²) in [5.74, 6) is -3.02. The van der Waals surface area contributed by atoms with Gasteiger partial charge in [0.05, 0.1) is 22.3 Å². The summed E-state index contributed by atoms with van der Waals surface area (Å²) in [6.07, 6.45) is -5.46. The van der Waals surface area contributed by atoms with Crippen LogP contribution in [0.1, 0.15) is 48.4 Å². The fourth-order valence-corrected chi connectivity index (χ4v) is 5.64. The molecule has 0 N–H and O–H groups in total. The van der Waals surface area contributed by atoms with Gasteiger partial charge >= 0.3 is 23.9 Å². The molecule has 0 aromatic heterocycles. The molecule has 5 atom stereocenters. The van der Waals surface area contributed by atoms with Gasteiger partial charge in [-0.25, -0.2) is 19.2 Å². The third-order valence-electron chi connectivity index (χ3n) is 7.02. The number of carbonyl (C=O) groups excluding carboxylic acids is 5. The van der Waals surface area contributed by atoms with E-state index in [-0.39, 0.29) is 27.4 Å². The average molecular weight is 655 g/mol. The van der Waals surface area contributed by atoms with Crippen molar-refractivity contribution in [3.05, 3.63) is 144 Å². The van der Waals surface area contributed by atoms with Gasteiger partial charge in [-0.2, -0.15) is 0 Å². The summed E-state index contributed by atoms with van der Waals surface area (Å²) in [6.45, 7) is 0.782. The Labute approximate surface area is 274 Å². The molecule has 11 heteroatoms. The first-order valence-corrected chi connectivity index (χ1v) is 15.5. The molecule has 0 radical (unpaired) electrons. The number of hydrogen-bond acceptors (Lipinski definition) is 11. The van der Waals surface area contributed by atoms with Crippen LogP contribution in [-0.2, 0) is 28.5 Å². The van der Waals surface area contributed by atoms with Crippen molar-refractivity contribution in [3.8, 4) is 0 Å². The lowest BCUT2D eigenvalue weighted by Crippen LogP contribution is -2.47. The summed E-state index contributed by atoms with van der Waals surface area (Å²) in [4.78, 5) is 65.3. The summed E-state index contributed by atoms with van der Waals surface area (Å²) >= 11 is 0.714. The highest BCUT2D eigenvalue weighted by molar-refractivity contribution is 8.14. The maximum Gasteiger partial charge on any atom is 0.338 e. The Hall–Kier alpha value is -5.26. The standard InChI is InChI=1S/C36H30O10S/c1-23(37)47-36-31(45-35(41)27-20-12-5-13-21-27)30(44-34(40)26-18-10-4-11-19-26)29(46-36)28(43-33(39)25-16-8-3-9-17-25)22-42-32(38)24-14-6-2-7-15-24/h2-21,28-31,36H,22H2,1H3/t28-,29-,30-,31+,36?/m0/s1. The number of rotatable bonds is 11. The Balaban J connectivity index is 1.51. The largest absolute Gasteiger partial charge is 0.458 e. The molecule has 4 aromatic rings. The van der Waals surface area contributed by atoms with E-state index in [0.29, 0.717) is 11.8 Å². The van der Waals surface area contributed by atoms with Crippen LogP contribution in [0.4, 0.5) is 0 Å². The smallest absolute Gasteiger partial charge is 0.338 e. The van der Waals surface area contributed by atoms with E-state index >= 15 is 0 Å². The van der Waals surface area contributed by atoms with Crippen LogP contribution in [-0.4, -0.2) is 65.5 Å². The van der Waals surface area contributed by atoms with Crippen molar-refractivity contribution in [1.82, 2.24) is 0 Å². The first kappa shape index (κ1) is 33.1. The zero-order chi connectivity index (χ0) is 33.2. The molecule has 5 rings (SSSR count). The molecule has 10 nitrogen and oxygen atoms in total. The Bertz CT molecular complexity index is 1680. The molecule has 1 heterocycles. The predicted molar refractivity (Wildman–Crippen MR) is 171 cm³/mol. The minimum absolute atomic E-state index is 0.190. The molecule has 47 heavy (non-hydrogen) atoms. The maximum atomic E-state index is 13.4. The van der Waals surface area contributed by atoms with E-state index in [9.17, 15) is 24.0 Å². The van der Waals surface area contributed by atoms with Gasteiger partial charge in [0.15, 0.2) is 28.9 Å². The summed E-state index contributed by atoms with van der Waals surface area (Å²) < 4.78 is 29.4. The first-order valence-electron chi connectivity index (χ1n) is 14.6. The number of ether oxygens (including phenoxy) is 5. The molecule has 0 aliphatic carbocycles. The molecule has 1 aliphatic rings. The van der Waals surface area contributed by atoms with Crippen LogP contribution < -0.4 is 0 Å². The van der Waals surface area contributed by atoms with Crippen molar-refractivity contribution in [3.63, 3.8) is 0 Å². The van der Waals surface area contributed by atoms with Gasteiger partial charge in [0.1, 0.15) is 12.7 Å². The van der Waals surface area contributed by atoms with Crippen LogP contribution >= 0.6 is 11.8 Å². The average Bonchev–Trinajstić information content (AvgIpc) is 3.42. The zero-order valence-electron chi connectivity index (χ0n) is 25.1. The van der Waals surface area contributed by atoms with Crippen molar-refractivity contribution in [2.75, 3.05) is 6.61 Å². The van der Waals surface area contributed by atoms with E-state index in [1.54, 1.807) is 97.1 Å². The molecule has 0 saturated carbocycles. The molecule has 1 aliphatic heterocycles. The summed E-state index contributed by atoms with van der Waals surface area (Å²) in [7, 11) is 0. The normalized spacial score (nSPS) is 19.2. The second-order valence-corrected chi connectivity index (χ2v) is 11.6. The fourth-order valence-electron chi connectivity index (χ4n) is 4.79. The van der Waals surface area contributed by atoms with E-state index in [1.165, 1.54) is 31.2 Å². The summed E-state index contributed by atoms with van der Waals surface area (Å²) in [5.41, 5.74) is -0.333. The minimum Gasteiger partial charge on any atom is -0.458 e. The highest BCUT2D eigenvalue weighted by atomic mass is 32.2. The topological polar surface area (TPSA) is 132 Å². The quantitative estimate of drug-likeness (QED) is 0.150. The number of hydrogen-bond donors (Lipinski definition) is 0. The van der Waals surface area contributed by atoms with Gasteiger partial charge in [-0.05, 0) is 48.5 Å². The first-order chi connectivity index (χ1) is 22.8. The lowest BCUT2D eigenvalue weighted by Gasteiger charge is -2.28. The van der Waals surface area contributed by atoms with Crippen LogP contribution in [0.2, 0.25) is 0 Å². The molecule has 0 bridgehead atoms. The monoisotopic (exact) mass is 654 g/mol. The molecular formula is C36H30O10S. The van der Waals surface area contributed by atoms with Gasteiger partial charge in [0.25, 0.3) is 0 Å². The molecule has 0 spiro atoms. The van der Waals surface area contributed by atoms with E-state index in [0.717, 1.165) is 0 Å². The minimum atomic E-state index is -1.41. The summed E-state index contributed by atoms with van der Waals surface area (Å²) in [5, 5.41) is -0.377. The van der Waals surface area contributed by atoms with Crippen molar-refractivity contribution in [2.45, 2.75) is 36.8 Å². The van der Waals surface area contributed by atoms with Gasteiger partial charge in [-0.1, -0.05) is 84.6 Å². The van der Waals surface area contributed by atoms with Gasteiger partial charge in [0.2, 0.25) is 0 Å². The van der Waals surface area contributed by atoms with E-state index in [1.807, 2.05) is 0 Å². The number of thioether (sulfide) groups is 1. The van der Waals surface area contributed by atoms with Crippen LogP contribution in [0.25, 0.3) is 0 Å². The van der Waals surface area contributed by atoms with Gasteiger partial charge in [-0.3, -0.25) is 4.79 Å². The number of carbonyl (C=O) groups is 5. The Morgan fingerprint density at radius 1 is 0.596 bits per heavy atom. The third-order valence-corrected chi connectivity index (χ3v) is 7.96. The zero-order valence-corrected chi connectivity index (χ0v) is 25.9. The van der Waals surface area contributed by atoms with Crippen molar-refractivity contribution in [1.29, 1.82) is 0 Å². The Kier molecular flexibility index (Phi) is 11.2. The van der Waals surface area contributed by atoms with E-state index in [2.05, 4.69) is 0 Å². The van der Waals surface area contributed by atoms with Crippen LogP contribution in [0, 0.1) is 0 Å². The Morgan fingerprint density at radius 3 is 1.45 bits per heavy atom. The molecule has 1 unspecified atom stereocenters. The lowest BCUT2D eigenvalue weighted by molar-refractivity contribution is -0.109. The van der Waals surface area contributed by atoms with E-state index < -0.39 is 60.3 Å². The number of esters is 4. The molecule has 4 aromatic carbocycles. The second-order valence-electron chi connectivity index (χ2n) is 10.3. The highest BCUT2D eigenvalue weighted by Crippen LogP contribution is 2.37. The van der Waals surface area contributed by atoms with Crippen molar-refractivity contribution < 1.29 is 47.7 Å². The van der Waals surface area contributed by atoms with Gasteiger partial charge < -0.3 is 23.7 Å². The molecule has 240 valence electrons. The molecule has 1 fully saturated rings. The fraction of sp³-hybridized carbons (Fsp3) is 0.194.